The molecule has 0 fully saturated rings. The molecule has 122 valence electrons. The van der Waals surface area contributed by atoms with Crippen LogP contribution in [0.5, 0.6) is 5.75 Å². The summed E-state index contributed by atoms with van der Waals surface area (Å²) in [5, 5.41) is 11.7. The number of halogens is 2. The standard InChI is InChI=1S/C20H12ClFN2O/c21-14-6-3-7-15(22)19(14)18-13(10-23)20(24)25-16-9-8-11-4-1-2-5-12(11)17(16)18/h1-9,18H,24H2. The van der Waals surface area contributed by atoms with Crippen molar-refractivity contribution in [1.29, 1.82) is 5.26 Å². The lowest BCUT2D eigenvalue weighted by Gasteiger charge is -2.28. The summed E-state index contributed by atoms with van der Waals surface area (Å²) in [6.07, 6.45) is 0. The largest absolute Gasteiger partial charge is 0.440 e. The van der Waals surface area contributed by atoms with Crippen LogP contribution in [0.1, 0.15) is 17.0 Å². The Balaban J connectivity index is 2.13. The van der Waals surface area contributed by atoms with Crippen LogP contribution < -0.4 is 10.5 Å². The predicted octanol–water partition coefficient (Wildman–Crippen LogP) is 4.85. The first-order valence-corrected chi connectivity index (χ1v) is 8.02. The molecule has 3 nitrogen and oxygen atoms in total. The van der Waals surface area contributed by atoms with Crippen molar-refractivity contribution in [2.45, 2.75) is 5.92 Å². The SMILES string of the molecule is N#CC1=C(N)Oc2ccc3ccccc3c2C1c1c(F)cccc1Cl. The minimum atomic E-state index is -0.728. The molecule has 2 N–H and O–H groups in total. The van der Waals surface area contributed by atoms with Crippen LogP contribution in [0.4, 0.5) is 4.39 Å². The smallest absolute Gasteiger partial charge is 0.205 e. The third kappa shape index (κ3) is 2.33. The molecule has 1 heterocycles. The Bertz CT molecular complexity index is 1060. The first-order chi connectivity index (χ1) is 12.1. The lowest BCUT2D eigenvalue weighted by Crippen LogP contribution is -2.22. The van der Waals surface area contributed by atoms with E-state index < -0.39 is 11.7 Å². The number of nitrogens with zero attached hydrogens (tertiary/aromatic N) is 1. The first kappa shape index (κ1) is 15.5. The fourth-order valence-corrected chi connectivity index (χ4v) is 3.59. The summed E-state index contributed by atoms with van der Waals surface area (Å²) < 4.78 is 20.3. The van der Waals surface area contributed by atoms with Crippen LogP contribution in [0.15, 0.2) is 66.1 Å². The minimum absolute atomic E-state index is 0.0328. The molecule has 0 aromatic heterocycles. The number of allylic oxidation sites excluding steroid dienone is 1. The van der Waals surface area contributed by atoms with Crippen LogP contribution in [-0.4, -0.2) is 0 Å². The van der Waals surface area contributed by atoms with Gasteiger partial charge in [0, 0.05) is 16.1 Å². The highest BCUT2D eigenvalue weighted by Gasteiger charge is 2.35. The summed E-state index contributed by atoms with van der Waals surface area (Å²) in [6.45, 7) is 0. The van der Waals surface area contributed by atoms with Gasteiger partial charge < -0.3 is 10.5 Å². The van der Waals surface area contributed by atoms with E-state index in [9.17, 15) is 9.65 Å². The number of hydrogen-bond donors (Lipinski definition) is 1. The maximum Gasteiger partial charge on any atom is 0.205 e. The van der Waals surface area contributed by atoms with Gasteiger partial charge in [0.2, 0.25) is 5.88 Å². The highest BCUT2D eigenvalue weighted by Crippen LogP contribution is 2.47. The zero-order valence-electron chi connectivity index (χ0n) is 13.0. The van der Waals surface area contributed by atoms with Crippen molar-refractivity contribution in [2.24, 2.45) is 5.73 Å². The van der Waals surface area contributed by atoms with E-state index in [0.29, 0.717) is 11.3 Å². The van der Waals surface area contributed by atoms with Gasteiger partial charge in [-0.3, -0.25) is 0 Å². The molecule has 0 amide bonds. The van der Waals surface area contributed by atoms with Gasteiger partial charge in [-0.05, 0) is 29.0 Å². The second-order valence-corrected chi connectivity index (χ2v) is 6.17. The van der Waals surface area contributed by atoms with Crippen molar-refractivity contribution < 1.29 is 9.13 Å². The molecule has 0 bridgehead atoms. The van der Waals surface area contributed by atoms with Crippen LogP contribution in [0.2, 0.25) is 5.02 Å². The maximum atomic E-state index is 14.7. The van der Waals surface area contributed by atoms with Gasteiger partial charge in [-0.2, -0.15) is 5.26 Å². The van der Waals surface area contributed by atoms with Crippen molar-refractivity contribution in [2.75, 3.05) is 0 Å². The molecule has 1 unspecified atom stereocenters. The Kier molecular flexibility index (Phi) is 3.60. The van der Waals surface area contributed by atoms with E-state index in [-0.39, 0.29) is 22.0 Å². The summed E-state index contributed by atoms with van der Waals surface area (Å²) >= 11 is 6.30. The topological polar surface area (TPSA) is 59.0 Å². The highest BCUT2D eigenvalue weighted by molar-refractivity contribution is 6.31. The summed E-state index contributed by atoms with van der Waals surface area (Å²) in [6, 6.07) is 17.9. The molecular weight excluding hydrogens is 339 g/mol. The van der Waals surface area contributed by atoms with E-state index in [4.69, 9.17) is 22.1 Å². The third-order valence-corrected chi connectivity index (χ3v) is 4.73. The Morgan fingerprint density at radius 3 is 2.60 bits per heavy atom. The van der Waals surface area contributed by atoms with Crippen molar-refractivity contribution in [1.82, 2.24) is 0 Å². The number of hydrogen-bond acceptors (Lipinski definition) is 3. The molecule has 1 aliphatic heterocycles. The molecule has 0 spiro atoms. The number of fused-ring (bicyclic) bond motifs is 3. The molecule has 1 aliphatic rings. The molecule has 5 heteroatoms. The fraction of sp³-hybridized carbons (Fsp3) is 0.0500. The minimum Gasteiger partial charge on any atom is -0.440 e. The number of benzene rings is 3. The monoisotopic (exact) mass is 350 g/mol. The van der Waals surface area contributed by atoms with Crippen molar-refractivity contribution in [3.63, 3.8) is 0 Å². The van der Waals surface area contributed by atoms with Gasteiger partial charge in [-0.15, -0.1) is 0 Å². The zero-order chi connectivity index (χ0) is 17.6. The quantitative estimate of drug-likeness (QED) is 0.682. The molecule has 0 radical (unpaired) electrons. The van der Waals surface area contributed by atoms with Gasteiger partial charge in [0.15, 0.2) is 0 Å². The summed E-state index contributed by atoms with van der Waals surface area (Å²) in [5.41, 5.74) is 7.01. The molecule has 25 heavy (non-hydrogen) atoms. The number of nitrogens with two attached hydrogens (primary N) is 1. The van der Waals surface area contributed by atoms with E-state index >= 15 is 0 Å². The van der Waals surface area contributed by atoms with Gasteiger partial charge in [0.05, 0.1) is 5.92 Å². The molecule has 1 atom stereocenters. The average Bonchev–Trinajstić information content (AvgIpc) is 2.61. The van der Waals surface area contributed by atoms with Crippen LogP contribution in [0.25, 0.3) is 10.8 Å². The van der Waals surface area contributed by atoms with E-state index in [0.717, 1.165) is 10.8 Å². The molecule has 3 aromatic rings. The summed E-state index contributed by atoms with van der Waals surface area (Å²) in [7, 11) is 0. The molecule has 4 rings (SSSR count). The Labute approximate surface area is 148 Å². The third-order valence-electron chi connectivity index (χ3n) is 4.40. The van der Waals surface area contributed by atoms with Gasteiger partial charge in [0.25, 0.3) is 0 Å². The number of nitriles is 1. The second kappa shape index (κ2) is 5.80. The van der Waals surface area contributed by atoms with E-state index in [1.165, 1.54) is 12.1 Å². The summed E-state index contributed by atoms with van der Waals surface area (Å²) in [5.74, 6) is -0.749. The Hall–Kier alpha value is -3.03. The molecular formula is C20H12ClFN2O. The first-order valence-electron chi connectivity index (χ1n) is 7.65. The molecule has 3 aromatic carbocycles. The van der Waals surface area contributed by atoms with Gasteiger partial charge in [-0.1, -0.05) is 48.0 Å². The fourth-order valence-electron chi connectivity index (χ4n) is 3.32. The van der Waals surface area contributed by atoms with Gasteiger partial charge in [-0.25, -0.2) is 4.39 Å². The molecule has 0 saturated heterocycles. The Morgan fingerprint density at radius 2 is 1.84 bits per heavy atom. The van der Waals surface area contributed by atoms with Crippen LogP contribution in [0, 0.1) is 17.1 Å². The van der Waals surface area contributed by atoms with Crippen molar-refractivity contribution >= 4 is 22.4 Å². The van der Waals surface area contributed by atoms with Crippen molar-refractivity contribution in [3.05, 3.63) is 88.0 Å². The lowest BCUT2D eigenvalue weighted by atomic mass is 9.81. The maximum absolute atomic E-state index is 14.7. The van der Waals surface area contributed by atoms with E-state index in [2.05, 4.69) is 6.07 Å². The van der Waals surface area contributed by atoms with Crippen LogP contribution in [0.3, 0.4) is 0 Å². The Morgan fingerprint density at radius 1 is 1.04 bits per heavy atom. The second-order valence-electron chi connectivity index (χ2n) is 5.76. The molecule has 0 aliphatic carbocycles. The predicted molar refractivity (Wildman–Crippen MR) is 94.7 cm³/mol. The lowest BCUT2D eigenvalue weighted by molar-refractivity contribution is 0.394. The zero-order valence-corrected chi connectivity index (χ0v) is 13.7. The van der Waals surface area contributed by atoms with Crippen molar-refractivity contribution in [3.8, 4) is 11.8 Å². The van der Waals surface area contributed by atoms with Crippen LogP contribution in [-0.2, 0) is 0 Å². The van der Waals surface area contributed by atoms with Gasteiger partial charge >= 0.3 is 0 Å². The number of rotatable bonds is 1. The van der Waals surface area contributed by atoms with Crippen LogP contribution >= 0.6 is 11.6 Å². The number of ether oxygens (including phenoxy) is 1. The van der Waals surface area contributed by atoms with E-state index in [1.54, 1.807) is 12.1 Å². The van der Waals surface area contributed by atoms with Gasteiger partial charge in [0.1, 0.15) is 23.2 Å². The van der Waals surface area contributed by atoms with E-state index in [1.807, 2.05) is 30.3 Å². The molecule has 0 saturated carbocycles. The summed E-state index contributed by atoms with van der Waals surface area (Å²) in [4.78, 5) is 0. The highest BCUT2D eigenvalue weighted by atomic mass is 35.5. The average molecular weight is 351 g/mol. The normalized spacial score (nSPS) is 16.3.